The Morgan fingerprint density at radius 1 is 1.58 bits per heavy atom. The van der Waals surface area contributed by atoms with Crippen LogP contribution in [0.4, 0.5) is 4.79 Å². The molecule has 0 aromatic carbocycles. The number of likely N-dealkylation sites (tertiary alicyclic amines) is 1. The Balaban J connectivity index is 1.85. The number of hydrogen-bond donors (Lipinski definition) is 1. The van der Waals surface area contributed by atoms with Gasteiger partial charge in [-0.25, -0.2) is 4.79 Å². The highest BCUT2D eigenvalue weighted by molar-refractivity contribution is 5.74. The smallest absolute Gasteiger partial charge is 0.320 e. The lowest BCUT2D eigenvalue weighted by Crippen LogP contribution is -2.39. The molecule has 2 heterocycles. The van der Waals surface area contributed by atoms with Crippen molar-refractivity contribution >= 4 is 12.0 Å². The van der Waals surface area contributed by atoms with E-state index in [-0.39, 0.29) is 18.4 Å². The fourth-order valence-electron chi connectivity index (χ4n) is 2.39. The standard InChI is InChI=1S/C13H18N2O4/c1-14(7-11-3-5-19-9-11)13(18)15-4-2-10(8-15)6-12(16)17/h3,5,9-10H,2,4,6-8H2,1H3,(H,16,17). The molecular weight excluding hydrogens is 248 g/mol. The van der Waals surface area contributed by atoms with Crippen LogP contribution in [0.25, 0.3) is 0 Å². The number of furan rings is 1. The number of carboxylic acid groups (broad SMARTS) is 1. The highest BCUT2D eigenvalue weighted by atomic mass is 16.4. The monoisotopic (exact) mass is 266 g/mol. The molecule has 0 bridgehead atoms. The van der Waals surface area contributed by atoms with E-state index in [0.29, 0.717) is 19.6 Å². The van der Waals surface area contributed by atoms with Crippen LogP contribution in [0, 0.1) is 5.92 Å². The molecule has 1 aliphatic heterocycles. The molecular formula is C13H18N2O4. The van der Waals surface area contributed by atoms with Crippen molar-refractivity contribution in [1.82, 2.24) is 9.80 Å². The summed E-state index contributed by atoms with van der Waals surface area (Å²) in [6.07, 6.45) is 4.08. The molecule has 1 aromatic rings. The van der Waals surface area contributed by atoms with Crippen LogP contribution >= 0.6 is 0 Å². The molecule has 6 nitrogen and oxygen atoms in total. The van der Waals surface area contributed by atoms with Crippen LogP contribution in [0.5, 0.6) is 0 Å². The zero-order valence-electron chi connectivity index (χ0n) is 10.9. The van der Waals surface area contributed by atoms with E-state index in [4.69, 9.17) is 9.52 Å². The van der Waals surface area contributed by atoms with Gasteiger partial charge in [-0.05, 0) is 18.4 Å². The largest absolute Gasteiger partial charge is 0.481 e. The van der Waals surface area contributed by atoms with Gasteiger partial charge < -0.3 is 19.3 Å². The molecule has 0 radical (unpaired) electrons. The molecule has 1 fully saturated rings. The second-order valence-corrected chi connectivity index (χ2v) is 4.97. The lowest BCUT2D eigenvalue weighted by atomic mass is 10.1. The third-order valence-corrected chi connectivity index (χ3v) is 3.35. The number of aliphatic carboxylic acids is 1. The van der Waals surface area contributed by atoms with Crippen LogP contribution in [0.15, 0.2) is 23.0 Å². The van der Waals surface area contributed by atoms with Gasteiger partial charge in [-0.15, -0.1) is 0 Å². The topological polar surface area (TPSA) is 74.0 Å². The summed E-state index contributed by atoms with van der Waals surface area (Å²) in [4.78, 5) is 26.2. The predicted molar refractivity (Wildman–Crippen MR) is 67.5 cm³/mol. The highest BCUT2D eigenvalue weighted by Gasteiger charge is 2.29. The molecule has 1 aromatic heterocycles. The summed E-state index contributed by atoms with van der Waals surface area (Å²) in [6.45, 7) is 1.66. The second kappa shape index (κ2) is 5.77. The molecule has 104 valence electrons. The number of carbonyl (C=O) groups is 2. The van der Waals surface area contributed by atoms with Gasteiger partial charge >= 0.3 is 12.0 Å². The average molecular weight is 266 g/mol. The van der Waals surface area contributed by atoms with Gasteiger partial charge in [0.2, 0.25) is 0 Å². The Morgan fingerprint density at radius 3 is 3.00 bits per heavy atom. The third kappa shape index (κ3) is 3.49. The zero-order valence-corrected chi connectivity index (χ0v) is 10.9. The number of nitrogens with zero attached hydrogens (tertiary/aromatic N) is 2. The van der Waals surface area contributed by atoms with E-state index < -0.39 is 5.97 Å². The molecule has 0 aliphatic carbocycles. The first kappa shape index (κ1) is 13.5. The van der Waals surface area contributed by atoms with Crippen LogP contribution in [0.3, 0.4) is 0 Å². The summed E-state index contributed by atoms with van der Waals surface area (Å²) in [5.74, 6) is -0.727. The Bertz CT molecular complexity index is 444. The molecule has 1 N–H and O–H groups in total. The summed E-state index contributed by atoms with van der Waals surface area (Å²) in [7, 11) is 1.74. The molecule has 2 rings (SSSR count). The SMILES string of the molecule is CN(Cc1ccoc1)C(=O)N1CCC(CC(=O)O)C1. The molecule has 2 amide bonds. The van der Waals surface area contributed by atoms with Crippen molar-refractivity contribution in [2.24, 2.45) is 5.92 Å². The minimum absolute atomic E-state index is 0.0610. The maximum Gasteiger partial charge on any atom is 0.320 e. The van der Waals surface area contributed by atoms with Gasteiger partial charge in [0.15, 0.2) is 0 Å². The number of urea groups is 1. The lowest BCUT2D eigenvalue weighted by Gasteiger charge is -2.24. The maximum atomic E-state index is 12.2. The molecule has 0 saturated carbocycles. The van der Waals surface area contributed by atoms with E-state index in [0.717, 1.165) is 12.0 Å². The lowest BCUT2D eigenvalue weighted by molar-refractivity contribution is -0.138. The average Bonchev–Trinajstić information content (AvgIpc) is 2.98. The normalized spacial score (nSPS) is 18.6. The molecule has 1 unspecified atom stereocenters. The third-order valence-electron chi connectivity index (χ3n) is 3.35. The van der Waals surface area contributed by atoms with Crippen LogP contribution in [-0.2, 0) is 11.3 Å². The molecule has 1 aliphatic rings. The number of hydrogen-bond acceptors (Lipinski definition) is 3. The van der Waals surface area contributed by atoms with Gasteiger partial charge in [0.25, 0.3) is 0 Å². The van der Waals surface area contributed by atoms with Gasteiger partial charge in [-0.1, -0.05) is 0 Å². The number of carboxylic acids is 1. The van der Waals surface area contributed by atoms with Crippen molar-refractivity contribution in [3.63, 3.8) is 0 Å². The zero-order chi connectivity index (χ0) is 13.8. The minimum atomic E-state index is -0.800. The summed E-state index contributed by atoms with van der Waals surface area (Å²) < 4.78 is 4.96. The Hall–Kier alpha value is -1.98. The van der Waals surface area contributed by atoms with Crippen molar-refractivity contribution in [1.29, 1.82) is 0 Å². The molecule has 19 heavy (non-hydrogen) atoms. The summed E-state index contributed by atoms with van der Waals surface area (Å²) in [6, 6.07) is 1.76. The van der Waals surface area contributed by atoms with Crippen molar-refractivity contribution < 1.29 is 19.1 Å². The maximum absolute atomic E-state index is 12.2. The number of amides is 2. The summed E-state index contributed by atoms with van der Waals surface area (Å²) >= 11 is 0. The summed E-state index contributed by atoms with van der Waals surface area (Å²) in [5.41, 5.74) is 0.942. The molecule has 6 heteroatoms. The molecule has 1 atom stereocenters. The summed E-state index contributed by atoms with van der Waals surface area (Å²) in [5, 5.41) is 8.75. The Labute approximate surface area is 111 Å². The van der Waals surface area contributed by atoms with E-state index in [2.05, 4.69) is 0 Å². The number of carbonyl (C=O) groups excluding carboxylic acids is 1. The van der Waals surface area contributed by atoms with E-state index in [9.17, 15) is 9.59 Å². The highest BCUT2D eigenvalue weighted by Crippen LogP contribution is 2.21. The quantitative estimate of drug-likeness (QED) is 0.898. The van der Waals surface area contributed by atoms with Gasteiger partial charge in [0, 0.05) is 32.1 Å². The first-order valence-corrected chi connectivity index (χ1v) is 6.29. The van der Waals surface area contributed by atoms with Crippen LogP contribution in [-0.4, -0.2) is 47.0 Å². The molecule has 0 spiro atoms. The first-order valence-electron chi connectivity index (χ1n) is 6.29. The van der Waals surface area contributed by atoms with Gasteiger partial charge in [-0.2, -0.15) is 0 Å². The van der Waals surface area contributed by atoms with Crippen LogP contribution < -0.4 is 0 Å². The van der Waals surface area contributed by atoms with Crippen LogP contribution in [0.2, 0.25) is 0 Å². The van der Waals surface area contributed by atoms with E-state index in [1.807, 2.05) is 6.07 Å². The fraction of sp³-hybridized carbons (Fsp3) is 0.538. The van der Waals surface area contributed by atoms with E-state index >= 15 is 0 Å². The van der Waals surface area contributed by atoms with Crippen molar-refractivity contribution in [3.8, 4) is 0 Å². The van der Waals surface area contributed by atoms with E-state index in [1.54, 1.807) is 29.4 Å². The van der Waals surface area contributed by atoms with Gasteiger partial charge in [0.1, 0.15) is 0 Å². The van der Waals surface area contributed by atoms with Gasteiger partial charge in [-0.3, -0.25) is 4.79 Å². The molecule has 1 saturated heterocycles. The number of rotatable bonds is 4. The van der Waals surface area contributed by atoms with Crippen molar-refractivity contribution in [2.75, 3.05) is 20.1 Å². The first-order chi connectivity index (χ1) is 9.06. The fourth-order valence-corrected chi connectivity index (χ4v) is 2.39. The Kier molecular flexibility index (Phi) is 4.09. The van der Waals surface area contributed by atoms with Crippen LogP contribution in [0.1, 0.15) is 18.4 Å². The second-order valence-electron chi connectivity index (χ2n) is 4.97. The minimum Gasteiger partial charge on any atom is -0.481 e. The van der Waals surface area contributed by atoms with Gasteiger partial charge in [0.05, 0.1) is 19.1 Å². The van der Waals surface area contributed by atoms with Crippen molar-refractivity contribution in [3.05, 3.63) is 24.2 Å². The predicted octanol–water partition coefficient (Wildman–Crippen LogP) is 1.63. The van der Waals surface area contributed by atoms with E-state index in [1.165, 1.54) is 0 Å². The Morgan fingerprint density at radius 2 is 2.37 bits per heavy atom. The van der Waals surface area contributed by atoms with Crippen molar-refractivity contribution in [2.45, 2.75) is 19.4 Å².